The fraction of sp³-hybridized carbons (Fsp3) is 0.412. The summed E-state index contributed by atoms with van der Waals surface area (Å²) >= 11 is 0. The second-order valence-electron chi connectivity index (χ2n) is 6.03. The molecule has 3 heterocycles. The fourth-order valence-electron chi connectivity index (χ4n) is 4.18. The summed E-state index contributed by atoms with van der Waals surface area (Å²) in [5.74, 6) is -0.972. The van der Waals surface area contributed by atoms with Crippen molar-refractivity contribution in [1.29, 1.82) is 0 Å². The van der Waals surface area contributed by atoms with E-state index in [9.17, 15) is 9.59 Å². The van der Waals surface area contributed by atoms with Gasteiger partial charge < -0.3 is 4.74 Å². The molecule has 2 fully saturated rings. The van der Waals surface area contributed by atoms with Gasteiger partial charge in [0.2, 0.25) is 11.8 Å². The van der Waals surface area contributed by atoms with E-state index in [1.807, 2.05) is 38.1 Å². The first-order valence-electron chi connectivity index (χ1n) is 7.39. The smallest absolute Gasteiger partial charge is 0.241 e. The summed E-state index contributed by atoms with van der Waals surface area (Å²) in [6, 6.07) is 9.17. The molecule has 2 bridgehead atoms. The molecule has 4 heteroatoms. The highest BCUT2D eigenvalue weighted by Crippen LogP contribution is 2.56. The first kappa shape index (κ1) is 12.8. The predicted molar refractivity (Wildman–Crippen MR) is 77.6 cm³/mol. The standard InChI is InChI=1S/C17H17NO3/c1-3-17-10(2)9-12(21-17)13-14(17)16(20)18(15(13)19)11-7-5-4-6-8-11/h4-9,12-14H,3H2,1-2H3/t12-,13-,14+,17+/m1/s1. The number of rotatable bonds is 2. The highest BCUT2D eigenvalue weighted by Gasteiger charge is 2.68. The molecule has 3 aliphatic heterocycles. The van der Waals surface area contributed by atoms with Gasteiger partial charge in [-0.1, -0.05) is 31.2 Å². The van der Waals surface area contributed by atoms with Gasteiger partial charge in [-0.2, -0.15) is 0 Å². The lowest BCUT2D eigenvalue weighted by molar-refractivity contribution is -0.127. The van der Waals surface area contributed by atoms with Gasteiger partial charge in [0.15, 0.2) is 0 Å². The molecular weight excluding hydrogens is 266 g/mol. The van der Waals surface area contributed by atoms with Crippen LogP contribution in [0, 0.1) is 11.8 Å². The number of ether oxygens (including phenoxy) is 1. The molecular formula is C17H17NO3. The first-order valence-corrected chi connectivity index (χ1v) is 7.39. The lowest BCUT2D eigenvalue weighted by atomic mass is 9.72. The quantitative estimate of drug-likeness (QED) is 0.618. The Balaban J connectivity index is 1.81. The molecule has 0 saturated carbocycles. The van der Waals surface area contributed by atoms with Gasteiger partial charge in [0.25, 0.3) is 0 Å². The van der Waals surface area contributed by atoms with Crippen LogP contribution in [-0.4, -0.2) is 23.5 Å². The highest BCUT2D eigenvalue weighted by atomic mass is 16.5. The lowest BCUT2D eigenvalue weighted by Gasteiger charge is -2.31. The molecule has 0 unspecified atom stereocenters. The number of para-hydroxylation sites is 1. The van der Waals surface area contributed by atoms with Gasteiger partial charge in [-0.05, 0) is 31.1 Å². The molecule has 2 saturated heterocycles. The van der Waals surface area contributed by atoms with Gasteiger partial charge in [-0.3, -0.25) is 9.59 Å². The molecule has 1 aromatic carbocycles. The number of benzene rings is 1. The number of amides is 2. The molecule has 0 aliphatic carbocycles. The predicted octanol–water partition coefficient (Wildman–Crippen LogP) is 2.30. The van der Waals surface area contributed by atoms with Crippen molar-refractivity contribution in [3.63, 3.8) is 0 Å². The molecule has 0 N–H and O–H groups in total. The molecule has 0 spiro atoms. The van der Waals surface area contributed by atoms with E-state index in [0.29, 0.717) is 12.1 Å². The van der Waals surface area contributed by atoms with Gasteiger partial charge in [0.05, 0.1) is 23.6 Å². The summed E-state index contributed by atoms with van der Waals surface area (Å²) in [5, 5.41) is 0. The third-order valence-corrected chi connectivity index (χ3v) is 5.18. The Bertz CT molecular complexity index is 666. The van der Waals surface area contributed by atoms with E-state index in [-0.39, 0.29) is 29.8 Å². The molecule has 21 heavy (non-hydrogen) atoms. The van der Waals surface area contributed by atoms with Gasteiger partial charge in [0.1, 0.15) is 5.60 Å². The van der Waals surface area contributed by atoms with Crippen LogP contribution in [-0.2, 0) is 14.3 Å². The van der Waals surface area contributed by atoms with Gasteiger partial charge in [-0.25, -0.2) is 4.90 Å². The van der Waals surface area contributed by atoms with Gasteiger partial charge in [0, 0.05) is 0 Å². The SMILES string of the molecule is CC[C@]12O[C@H](C=C1C)[C@H]1C(=O)N(c3ccccc3)C(=O)[C@H]12. The molecule has 4 atom stereocenters. The van der Waals surface area contributed by atoms with E-state index < -0.39 is 5.60 Å². The number of hydrogen-bond donors (Lipinski definition) is 0. The highest BCUT2D eigenvalue weighted by molar-refractivity contribution is 6.23. The average Bonchev–Trinajstić information content (AvgIpc) is 3.08. The third-order valence-electron chi connectivity index (χ3n) is 5.18. The van der Waals surface area contributed by atoms with Crippen molar-refractivity contribution in [3.8, 4) is 0 Å². The maximum absolute atomic E-state index is 12.9. The summed E-state index contributed by atoms with van der Waals surface area (Å²) in [4.78, 5) is 27.0. The Morgan fingerprint density at radius 2 is 1.90 bits per heavy atom. The van der Waals surface area contributed by atoms with Crippen molar-refractivity contribution in [2.24, 2.45) is 11.8 Å². The topological polar surface area (TPSA) is 46.6 Å². The van der Waals surface area contributed by atoms with Crippen molar-refractivity contribution in [2.45, 2.75) is 32.0 Å². The minimum atomic E-state index is -0.578. The number of carbonyl (C=O) groups excluding carboxylic acids is 2. The lowest BCUT2D eigenvalue weighted by Crippen LogP contribution is -2.42. The number of imide groups is 1. The van der Waals surface area contributed by atoms with E-state index >= 15 is 0 Å². The maximum Gasteiger partial charge on any atom is 0.241 e. The maximum atomic E-state index is 12.9. The summed E-state index contributed by atoms with van der Waals surface area (Å²) in [5.41, 5.74) is 1.17. The average molecular weight is 283 g/mol. The fourth-order valence-corrected chi connectivity index (χ4v) is 4.18. The van der Waals surface area contributed by atoms with E-state index in [1.165, 1.54) is 4.90 Å². The van der Waals surface area contributed by atoms with E-state index in [1.54, 1.807) is 12.1 Å². The van der Waals surface area contributed by atoms with Crippen molar-refractivity contribution < 1.29 is 14.3 Å². The first-order chi connectivity index (χ1) is 10.1. The van der Waals surface area contributed by atoms with Crippen LogP contribution in [0.25, 0.3) is 0 Å². The molecule has 1 aromatic rings. The summed E-state index contributed by atoms with van der Waals surface area (Å²) in [6.07, 6.45) is 2.49. The minimum absolute atomic E-state index is 0.118. The summed E-state index contributed by atoms with van der Waals surface area (Å²) in [6.45, 7) is 4.02. The van der Waals surface area contributed by atoms with Crippen LogP contribution >= 0.6 is 0 Å². The molecule has 4 nitrogen and oxygen atoms in total. The van der Waals surface area contributed by atoms with Crippen LogP contribution in [0.1, 0.15) is 20.3 Å². The molecule has 0 aromatic heterocycles. The molecule has 4 rings (SSSR count). The van der Waals surface area contributed by atoms with Crippen LogP contribution in [0.5, 0.6) is 0 Å². The van der Waals surface area contributed by atoms with Crippen LogP contribution < -0.4 is 4.90 Å². The Labute approximate surface area is 123 Å². The van der Waals surface area contributed by atoms with Gasteiger partial charge in [-0.15, -0.1) is 0 Å². The molecule has 108 valence electrons. The van der Waals surface area contributed by atoms with Crippen LogP contribution in [0.4, 0.5) is 5.69 Å². The number of anilines is 1. The van der Waals surface area contributed by atoms with E-state index in [4.69, 9.17) is 4.74 Å². The van der Waals surface area contributed by atoms with Crippen LogP contribution in [0.15, 0.2) is 42.0 Å². The number of nitrogens with zero attached hydrogens (tertiary/aromatic N) is 1. The van der Waals surface area contributed by atoms with Crippen molar-refractivity contribution >= 4 is 17.5 Å². The van der Waals surface area contributed by atoms with Gasteiger partial charge >= 0.3 is 0 Å². The number of hydrogen-bond acceptors (Lipinski definition) is 3. The normalized spacial score (nSPS) is 37.1. The largest absolute Gasteiger partial charge is 0.362 e. The number of fused-ring (bicyclic) bond motifs is 5. The van der Waals surface area contributed by atoms with E-state index in [2.05, 4.69) is 0 Å². The zero-order valence-electron chi connectivity index (χ0n) is 12.1. The second-order valence-corrected chi connectivity index (χ2v) is 6.03. The molecule has 0 radical (unpaired) electrons. The molecule has 3 aliphatic rings. The minimum Gasteiger partial charge on any atom is -0.362 e. The Kier molecular flexibility index (Phi) is 2.46. The summed E-state index contributed by atoms with van der Waals surface area (Å²) < 4.78 is 6.05. The second kappa shape index (κ2) is 4.04. The monoisotopic (exact) mass is 283 g/mol. The van der Waals surface area contributed by atoms with Crippen molar-refractivity contribution in [1.82, 2.24) is 0 Å². The third kappa shape index (κ3) is 1.38. The Hall–Kier alpha value is -1.94. The Morgan fingerprint density at radius 1 is 1.19 bits per heavy atom. The zero-order valence-corrected chi connectivity index (χ0v) is 12.1. The van der Waals surface area contributed by atoms with E-state index in [0.717, 1.165) is 5.57 Å². The molecule has 2 amide bonds. The van der Waals surface area contributed by atoms with Crippen LogP contribution in [0.2, 0.25) is 0 Å². The van der Waals surface area contributed by atoms with Crippen molar-refractivity contribution in [2.75, 3.05) is 4.90 Å². The zero-order chi connectivity index (χ0) is 14.8. The summed E-state index contributed by atoms with van der Waals surface area (Å²) in [7, 11) is 0. The number of carbonyl (C=O) groups is 2. The Morgan fingerprint density at radius 3 is 2.57 bits per heavy atom. The van der Waals surface area contributed by atoms with Crippen molar-refractivity contribution in [3.05, 3.63) is 42.0 Å². The van der Waals surface area contributed by atoms with Crippen LogP contribution in [0.3, 0.4) is 0 Å².